The van der Waals surface area contributed by atoms with Crippen LogP contribution in [0, 0.1) is 17.0 Å². The maximum Gasteiger partial charge on any atom is 0.269 e. The third-order valence-electron chi connectivity index (χ3n) is 4.84. The van der Waals surface area contributed by atoms with E-state index in [2.05, 4.69) is 20.6 Å². The fraction of sp³-hybridized carbons (Fsp3) is 0.0385. The second-order valence-electron chi connectivity index (χ2n) is 7.43. The molecular weight excluding hydrogens is 430 g/mol. The largest absolute Gasteiger partial charge is 0.340 e. The van der Waals surface area contributed by atoms with E-state index < -0.39 is 4.92 Å². The van der Waals surface area contributed by atoms with Crippen LogP contribution >= 0.6 is 0 Å². The molecule has 1 amide bonds. The maximum atomic E-state index is 12.3. The number of rotatable bonds is 7. The summed E-state index contributed by atoms with van der Waals surface area (Å²) in [6, 6.07) is 25.0. The Morgan fingerprint density at radius 3 is 2.38 bits per heavy atom. The van der Waals surface area contributed by atoms with Crippen LogP contribution in [-0.4, -0.2) is 20.8 Å². The van der Waals surface area contributed by atoms with Gasteiger partial charge in [-0.25, -0.2) is 9.97 Å². The molecular formula is C26H21N5O3. The molecule has 0 fully saturated rings. The van der Waals surface area contributed by atoms with E-state index in [-0.39, 0.29) is 11.6 Å². The van der Waals surface area contributed by atoms with Crippen molar-refractivity contribution in [2.45, 2.75) is 6.92 Å². The van der Waals surface area contributed by atoms with Crippen molar-refractivity contribution >= 4 is 34.9 Å². The zero-order valence-corrected chi connectivity index (χ0v) is 18.3. The standard InChI is InChI=1S/C26H21N5O3/c1-18-27-24(20-6-3-2-4-7-20)17-25(28-18)29-21-8-5-9-22(16-21)30-26(32)15-12-19-10-13-23(14-11-19)31(33)34/h2-17H,1H3,(H,30,32)(H,27,28,29)/b15-12+. The number of nitro benzene ring substituents is 1. The van der Waals surface area contributed by atoms with Gasteiger partial charge >= 0.3 is 0 Å². The average Bonchev–Trinajstić information content (AvgIpc) is 2.83. The molecule has 0 atom stereocenters. The second kappa shape index (κ2) is 10.2. The number of nitrogens with zero attached hydrogens (tertiary/aromatic N) is 3. The number of hydrogen-bond donors (Lipinski definition) is 2. The van der Waals surface area contributed by atoms with Gasteiger partial charge in [-0.05, 0) is 48.9 Å². The topological polar surface area (TPSA) is 110 Å². The number of hydrogen-bond acceptors (Lipinski definition) is 6. The van der Waals surface area contributed by atoms with Crippen LogP contribution in [0.25, 0.3) is 17.3 Å². The summed E-state index contributed by atoms with van der Waals surface area (Å²) >= 11 is 0. The first kappa shape index (κ1) is 22.3. The highest BCUT2D eigenvalue weighted by atomic mass is 16.6. The Bertz CT molecular complexity index is 1350. The second-order valence-corrected chi connectivity index (χ2v) is 7.43. The summed E-state index contributed by atoms with van der Waals surface area (Å²) in [6.45, 7) is 1.84. The molecule has 2 N–H and O–H groups in total. The van der Waals surface area contributed by atoms with Crippen LogP contribution in [0.3, 0.4) is 0 Å². The van der Waals surface area contributed by atoms with Gasteiger partial charge in [-0.15, -0.1) is 0 Å². The molecule has 0 bridgehead atoms. The van der Waals surface area contributed by atoms with E-state index in [1.54, 1.807) is 30.3 Å². The van der Waals surface area contributed by atoms with Gasteiger partial charge in [0, 0.05) is 41.2 Å². The highest BCUT2D eigenvalue weighted by molar-refractivity contribution is 6.02. The quantitative estimate of drug-likeness (QED) is 0.210. The third-order valence-corrected chi connectivity index (χ3v) is 4.84. The number of carbonyl (C=O) groups is 1. The van der Waals surface area contributed by atoms with Crippen molar-refractivity contribution in [2.75, 3.05) is 10.6 Å². The lowest BCUT2D eigenvalue weighted by molar-refractivity contribution is -0.384. The Morgan fingerprint density at radius 2 is 1.65 bits per heavy atom. The third kappa shape index (κ3) is 5.89. The zero-order valence-electron chi connectivity index (χ0n) is 18.3. The molecule has 0 aliphatic carbocycles. The fourth-order valence-electron chi connectivity index (χ4n) is 3.27. The first-order chi connectivity index (χ1) is 16.5. The summed E-state index contributed by atoms with van der Waals surface area (Å²) in [7, 11) is 0. The lowest BCUT2D eigenvalue weighted by Gasteiger charge is -2.10. The smallest absolute Gasteiger partial charge is 0.269 e. The summed E-state index contributed by atoms with van der Waals surface area (Å²) in [4.78, 5) is 31.6. The minimum absolute atomic E-state index is 0.000636. The predicted molar refractivity (Wildman–Crippen MR) is 133 cm³/mol. The first-order valence-corrected chi connectivity index (χ1v) is 10.5. The number of aryl methyl sites for hydroxylation is 1. The molecule has 0 aliphatic heterocycles. The number of benzene rings is 3. The van der Waals surface area contributed by atoms with Gasteiger partial charge in [-0.2, -0.15) is 0 Å². The van der Waals surface area contributed by atoms with Crippen molar-refractivity contribution in [3.8, 4) is 11.3 Å². The van der Waals surface area contributed by atoms with E-state index >= 15 is 0 Å². The SMILES string of the molecule is Cc1nc(Nc2cccc(NC(=O)/C=C/c3ccc([N+](=O)[O-])cc3)c2)cc(-c2ccccc2)n1. The van der Waals surface area contributed by atoms with Crippen molar-refractivity contribution in [1.82, 2.24) is 9.97 Å². The van der Waals surface area contributed by atoms with Gasteiger partial charge in [0.05, 0.1) is 10.6 Å². The van der Waals surface area contributed by atoms with Crippen LogP contribution in [0.1, 0.15) is 11.4 Å². The number of non-ortho nitro benzene ring substituents is 1. The van der Waals surface area contributed by atoms with E-state index in [9.17, 15) is 14.9 Å². The average molecular weight is 451 g/mol. The molecule has 0 unspecified atom stereocenters. The van der Waals surface area contributed by atoms with Crippen LogP contribution in [0.4, 0.5) is 22.9 Å². The van der Waals surface area contributed by atoms with Crippen LogP contribution in [-0.2, 0) is 4.79 Å². The lowest BCUT2D eigenvalue weighted by atomic mass is 10.1. The van der Waals surface area contributed by atoms with Crippen molar-refractivity contribution in [3.63, 3.8) is 0 Å². The monoisotopic (exact) mass is 451 g/mol. The molecule has 0 saturated heterocycles. The number of amides is 1. The van der Waals surface area contributed by atoms with Crippen molar-refractivity contribution in [2.24, 2.45) is 0 Å². The molecule has 1 heterocycles. The van der Waals surface area contributed by atoms with E-state index in [1.165, 1.54) is 18.2 Å². The van der Waals surface area contributed by atoms with Gasteiger partial charge in [0.2, 0.25) is 5.91 Å². The Kier molecular flexibility index (Phi) is 6.69. The van der Waals surface area contributed by atoms with Crippen molar-refractivity contribution in [1.29, 1.82) is 0 Å². The lowest BCUT2D eigenvalue weighted by Crippen LogP contribution is -2.08. The molecule has 0 saturated carbocycles. The van der Waals surface area contributed by atoms with Gasteiger partial charge in [-0.3, -0.25) is 14.9 Å². The molecule has 0 aliphatic rings. The van der Waals surface area contributed by atoms with Crippen LogP contribution in [0.2, 0.25) is 0 Å². The Labute approximate surface area is 196 Å². The number of anilines is 3. The molecule has 1 aromatic heterocycles. The minimum Gasteiger partial charge on any atom is -0.340 e. The Morgan fingerprint density at radius 1 is 0.912 bits per heavy atom. The van der Waals surface area contributed by atoms with Gasteiger partial charge < -0.3 is 10.6 Å². The Balaban J connectivity index is 1.43. The van der Waals surface area contributed by atoms with E-state index in [1.807, 2.05) is 55.5 Å². The van der Waals surface area contributed by atoms with Crippen LogP contribution in [0.5, 0.6) is 0 Å². The van der Waals surface area contributed by atoms with E-state index in [0.29, 0.717) is 22.9 Å². The fourth-order valence-corrected chi connectivity index (χ4v) is 3.27. The van der Waals surface area contributed by atoms with Crippen molar-refractivity contribution < 1.29 is 9.72 Å². The van der Waals surface area contributed by atoms with Gasteiger partial charge in [0.25, 0.3) is 5.69 Å². The summed E-state index contributed by atoms with van der Waals surface area (Å²) in [5.41, 5.74) is 3.87. The first-order valence-electron chi connectivity index (χ1n) is 10.5. The molecule has 0 radical (unpaired) electrons. The molecule has 8 heteroatoms. The van der Waals surface area contributed by atoms with Gasteiger partial charge in [0.15, 0.2) is 0 Å². The number of carbonyl (C=O) groups excluding carboxylic acids is 1. The Hall–Kier alpha value is -4.85. The molecule has 4 aromatic rings. The van der Waals surface area contributed by atoms with Crippen LogP contribution in [0.15, 0.2) is 91.0 Å². The zero-order chi connectivity index (χ0) is 23.9. The molecule has 0 spiro atoms. The minimum atomic E-state index is -0.466. The number of nitrogens with one attached hydrogen (secondary N) is 2. The van der Waals surface area contributed by atoms with Gasteiger partial charge in [-0.1, -0.05) is 36.4 Å². The normalized spacial score (nSPS) is 10.7. The maximum absolute atomic E-state index is 12.3. The van der Waals surface area contributed by atoms with Crippen LogP contribution < -0.4 is 10.6 Å². The summed E-state index contributed by atoms with van der Waals surface area (Å²) in [6.07, 6.45) is 2.97. The van der Waals surface area contributed by atoms with E-state index in [4.69, 9.17) is 0 Å². The molecule has 8 nitrogen and oxygen atoms in total. The predicted octanol–water partition coefficient (Wildman–Crippen LogP) is 5.76. The highest BCUT2D eigenvalue weighted by Gasteiger charge is 2.06. The summed E-state index contributed by atoms with van der Waals surface area (Å²) in [5, 5.41) is 16.8. The number of aromatic nitrogens is 2. The molecule has 3 aromatic carbocycles. The van der Waals surface area contributed by atoms with Crippen molar-refractivity contribution in [3.05, 3.63) is 113 Å². The van der Waals surface area contributed by atoms with E-state index in [0.717, 1.165) is 16.9 Å². The number of nitro groups is 1. The molecule has 4 rings (SSSR count). The van der Waals surface area contributed by atoms with Gasteiger partial charge in [0.1, 0.15) is 11.6 Å². The molecule has 168 valence electrons. The summed E-state index contributed by atoms with van der Waals surface area (Å²) < 4.78 is 0. The summed E-state index contributed by atoms with van der Waals surface area (Å²) in [5.74, 6) is 0.970. The molecule has 34 heavy (non-hydrogen) atoms. The highest BCUT2D eigenvalue weighted by Crippen LogP contribution is 2.23.